The van der Waals surface area contributed by atoms with Crippen molar-refractivity contribution < 1.29 is 14.4 Å². The lowest BCUT2D eigenvalue weighted by atomic mass is 10.1. The van der Waals surface area contributed by atoms with Crippen LogP contribution in [0.25, 0.3) is 5.57 Å². The van der Waals surface area contributed by atoms with E-state index in [2.05, 4.69) is 5.32 Å². The Morgan fingerprint density at radius 2 is 1.78 bits per heavy atom. The topological polar surface area (TPSA) is 69.7 Å². The Bertz CT molecular complexity index is 1160. The van der Waals surface area contributed by atoms with E-state index in [-0.39, 0.29) is 12.5 Å². The number of halogens is 1. The largest absolute Gasteiger partial charge is 0.323 e. The van der Waals surface area contributed by atoms with Crippen LogP contribution in [0.15, 0.2) is 53.4 Å². The third-order valence-corrected chi connectivity index (χ3v) is 6.96. The summed E-state index contributed by atoms with van der Waals surface area (Å²) in [5, 5.41) is 3.14. The van der Waals surface area contributed by atoms with Gasteiger partial charge in [0.05, 0.1) is 26.9 Å². The number of thioether (sulfide) groups is 1. The number of para-hydroxylation sites is 2. The number of thiocarbonyl (C=S) groups is 1. The van der Waals surface area contributed by atoms with Crippen LogP contribution in [0.5, 0.6) is 0 Å². The van der Waals surface area contributed by atoms with Crippen LogP contribution >= 0.6 is 35.6 Å². The van der Waals surface area contributed by atoms with Gasteiger partial charge in [0.25, 0.3) is 11.8 Å². The summed E-state index contributed by atoms with van der Waals surface area (Å²) in [4.78, 5) is 42.4. The average molecular weight is 486 g/mol. The first-order valence-corrected chi connectivity index (χ1v) is 11.8. The number of nitrogens with zero attached hydrogens (tertiary/aromatic N) is 2. The highest BCUT2D eigenvalue weighted by molar-refractivity contribution is 8.26. The minimum atomic E-state index is -0.392. The highest BCUT2D eigenvalue weighted by Gasteiger charge is 2.42. The van der Waals surface area contributed by atoms with Crippen molar-refractivity contribution in [3.8, 4) is 0 Å². The number of rotatable bonds is 6. The maximum Gasteiger partial charge on any atom is 0.267 e. The minimum absolute atomic E-state index is 0.208. The van der Waals surface area contributed by atoms with Crippen LogP contribution in [0, 0.1) is 0 Å². The average Bonchev–Trinajstić information content (AvgIpc) is 3.20. The van der Waals surface area contributed by atoms with E-state index in [1.807, 2.05) is 6.92 Å². The van der Waals surface area contributed by atoms with Crippen LogP contribution < -0.4 is 10.2 Å². The molecule has 9 heteroatoms. The predicted octanol–water partition coefficient (Wildman–Crippen LogP) is 4.70. The fraction of sp³-hybridized carbons (Fsp3) is 0.217. The molecule has 3 amide bonds. The maximum atomic E-state index is 13.4. The number of nitrogens with one attached hydrogen (secondary N) is 1. The Hall–Kier alpha value is -2.68. The molecule has 0 saturated carbocycles. The highest BCUT2D eigenvalue weighted by Crippen LogP contribution is 2.44. The molecule has 0 bridgehead atoms. The molecule has 0 unspecified atom stereocenters. The van der Waals surface area contributed by atoms with E-state index in [1.165, 1.54) is 4.90 Å². The molecule has 32 heavy (non-hydrogen) atoms. The lowest BCUT2D eigenvalue weighted by molar-refractivity contribution is -0.122. The molecule has 2 aliphatic heterocycles. The molecule has 0 spiro atoms. The van der Waals surface area contributed by atoms with Gasteiger partial charge in [-0.15, -0.1) is 0 Å². The number of carbonyl (C=O) groups is 3. The van der Waals surface area contributed by atoms with Crippen molar-refractivity contribution in [2.24, 2.45) is 0 Å². The standard InChI is InChI=1S/C23H20ClN3O3S2/c1-2-3-12-26-22(30)20(32-23(26)31)19-14-8-4-7-11-17(14)27(21(19)29)13-18(28)25-16-10-6-5-9-15(16)24/h4-11H,2-3,12-13H2,1H3,(H,25,28). The summed E-state index contributed by atoms with van der Waals surface area (Å²) in [6.45, 7) is 2.36. The van der Waals surface area contributed by atoms with Gasteiger partial charge in [-0.2, -0.15) is 0 Å². The second-order valence-corrected chi connectivity index (χ2v) is 9.37. The van der Waals surface area contributed by atoms with E-state index >= 15 is 0 Å². The third-order valence-electron chi connectivity index (χ3n) is 5.18. The molecule has 2 heterocycles. The Kier molecular flexibility index (Phi) is 6.64. The van der Waals surface area contributed by atoms with Gasteiger partial charge in [-0.1, -0.05) is 79.3 Å². The first kappa shape index (κ1) is 22.5. The molecule has 1 saturated heterocycles. The van der Waals surface area contributed by atoms with E-state index in [0.29, 0.717) is 43.3 Å². The minimum Gasteiger partial charge on any atom is -0.323 e. The molecule has 1 fully saturated rings. The van der Waals surface area contributed by atoms with E-state index in [4.69, 9.17) is 23.8 Å². The lowest BCUT2D eigenvalue weighted by Crippen LogP contribution is -2.35. The molecular formula is C23H20ClN3O3S2. The molecule has 2 aromatic rings. The van der Waals surface area contributed by atoms with Crippen LogP contribution in [0.3, 0.4) is 0 Å². The molecule has 2 aliphatic rings. The van der Waals surface area contributed by atoms with Crippen LogP contribution in [-0.2, 0) is 14.4 Å². The monoisotopic (exact) mass is 485 g/mol. The van der Waals surface area contributed by atoms with Gasteiger partial charge in [0.1, 0.15) is 10.9 Å². The highest BCUT2D eigenvalue weighted by atomic mass is 35.5. The first-order valence-electron chi connectivity index (χ1n) is 10.2. The van der Waals surface area contributed by atoms with Gasteiger partial charge >= 0.3 is 0 Å². The summed E-state index contributed by atoms with van der Waals surface area (Å²) in [5.74, 6) is -1.04. The van der Waals surface area contributed by atoms with Gasteiger partial charge in [-0.25, -0.2) is 0 Å². The second-order valence-electron chi connectivity index (χ2n) is 7.32. The molecule has 164 valence electrons. The summed E-state index contributed by atoms with van der Waals surface area (Å²) in [5.41, 5.74) is 1.97. The van der Waals surface area contributed by atoms with Crippen molar-refractivity contribution in [2.75, 3.05) is 23.3 Å². The zero-order valence-corrected chi connectivity index (χ0v) is 19.6. The summed E-state index contributed by atoms with van der Waals surface area (Å²) in [6.07, 6.45) is 1.76. The van der Waals surface area contributed by atoms with E-state index in [1.54, 1.807) is 53.4 Å². The van der Waals surface area contributed by atoms with E-state index in [9.17, 15) is 14.4 Å². The van der Waals surface area contributed by atoms with Crippen molar-refractivity contribution in [2.45, 2.75) is 19.8 Å². The number of carbonyl (C=O) groups excluding carboxylic acids is 3. The zero-order valence-electron chi connectivity index (χ0n) is 17.3. The van der Waals surface area contributed by atoms with Crippen LogP contribution in [-0.4, -0.2) is 40.0 Å². The van der Waals surface area contributed by atoms with Crippen molar-refractivity contribution in [1.29, 1.82) is 0 Å². The van der Waals surface area contributed by atoms with Crippen molar-refractivity contribution in [3.05, 3.63) is 64.0 Å². The SMILES string of the molecule is CCCCN1C(=O)C(=C2C(=O)N(CC(=O)Nc3ccccc3Cl)c3ccccc32)SC1=S. The zero-order chi connectivity index (χ0) is 22.8. The molecule has 0 atom stereocenters. The maximum absolute atomic E-state index is 13.4. The number of amides is 3. The Morgan fingerprint density at radius 1 is 1.06 bits per heavy atom. The number of anilines is 2. The molecule has 0 aromatic heterocycles. The van der Waals surface area contributed by atoms with Crippen LogP contribution in [0.1, 0.15) is 25.3 Å². The van der Waals surface area contributed by atoms with Gasteiger partial charge < -0.3 is 5.32 Å². The molecule has 4 rings (SSSR count). The number of hydrogen-bond acceptors (Lipinski definition) is 5. The lowest BCUT2D eigenvalue weighted by Gasteiger charge is -2.17. The Balaban J connectivity index is 1.64. The molecule has 1 N–H and O–H groups in total. The van der Waals surface area contributed by atoms with E-state index in [0.717, 1.165) is 24.6 Å². The van der Waals surface area contributed by atoms with Gasteiger partial charge in [0, 0.05) is 12.1 Å². The normalized spacial score (nSPS) is 17.9. The molecule has 0 aliphatic carbocycles. The Labute approximate surface area is 200 Å². The molecule has 6 nitrogen and oxygen atoms in total. The van der Waals surface area contributed by atoms with Gasteiger partial charge in [0.2, 0.25) is 5.91 Å². The van der Waals surface area contributed by atoms with Crippen LogP contribution in [0.2, 0.25) is 5.02 Å². The van der Waals surface area contributed by atoms with Crippen molar-refractivity contribution in [1.82, 2.24) is 4.90 Å². The van der Waals surface area contributed by atoms with Crippen molar-refractivity contribution in [3.63, 3.8) is 0 Å². The Morgan fingerprint density at radius 3 is 2.53 bits per heavy atom. The predicted molar refractivity (Wildman–Crippen MR) is 133 cm³/mol. The fourth-order valence-electron chi connectivity index (χ4n) is 3.61. The summed E-state index contributed by atoms with van der Waals surface area (Å²) >= 11 is 12.7. The van der Waals surface area contributed by atoms with Gasteiger partial charge in [0.15, 0.2) is 0 Å². The molecule has 2 aromatic carbocycles. The van der Waals surface area contributed by atoms with Crippen LogP contribution in [0.4, 0.5) is 11.4 Å². The first-order chi connectivity index (χ1) is 15.4. The number of unbranched alkanes of at least 4 members (excludes halogenated alkanes) is 1. The summed E-state index contributed by atoms with van der Waals surface area (Å²) < 4.78 is 0.450. The number of hydrogen-bond donors (Lipinski definition) is 1. The molecule has 0 radical (unpaired) electrons. The fourth-order valence-corrected chi connectivity index (χ4v) is 5.17. The third kappa shape index (κ3) is 4.18. The molecular weight excluding hydrogens is 466 g/mol. The summed E-state index contributed by atoms with van der Waals surface area (Å²) in [6, 6.07) is 14.0. The van der Waals surface area contributed by atoms with Gasteiger partial charge in [-0.05, 0) is 24.6 Å². The van der Waals surface area contributed by atoms with E-state index < -0.39 is 11.8 Å². The van der Waals surface area contributed by atoms with Crippen molar-refractivity contribution >= 4 is 74.6 Å². The number of fused-ring (bicyclic) bond motifs is 1. The number of benzene rings is 2. The smallest absolute Gasteiger partial charge is 0.267 e. The van der Waals surface area contributed by atoms with Gasteiger partial charge in [-0.3, -0.25) is 24.2 Å². The summed E-state index contributed by atoms with van der Waals surface area (Å²) in [7, 11) is 0. The quantitative estimate of drug-likeness (QED) is 0.474. The second kappa shape index (κ2) is 9.44.